The highest BCUT2D eigenvalue weighted by Gasteiger charge is 2.32. The van der Waals surface area contributed by atoms with Crippen LogP contribution in [0.3, 0.4) is 0 Å². The molecule has 0 radical (unpaired) electrons. The molecule has 1 heterocycles. The molecule has 7 heteroatoms. The van der Waals surface area contributed by atoms with E-state index in [1.807, 2.05) is 11.0 Å². The van der Waals surface area contributed by atoms with Crippen LogP contribution in [0.5, 0.6) is 5.75 Å². The zero-order valence-electron chi connectivity index (χ0n) is 19.5. The Hall–Kier alpha value is -3.32. The molecule has 0 bridgehead atoms. The molecule has 34 heavy (non-hydrogen) atoms. The summed E-state index contributed by atoms with van der Waals surface area (Å²) < 4.78 is 5.59. The second-order valence-corrected chi connectivity index (χ2v) is 9.86. The lowest BCUT2D eigenvalue weighted by atomic mass is 10.1. The Kier molecular flexibility index (Phi) is 7.22. The fourth-order valence-corrected chi connectivity index (χ4v) is 4.37. The van der Waals surface area contributed by atoms with E-state index < -0.39 is 11.6 Å². The van der Waals surface area contributed by atoms with E-state index in [9.17, 15) is 14.7 Å². The maximum atomic E-state index is 13.0. The van der Waals surface area contributed by atoms with Crippen LogP contribution < -0.4 is 10.1 Å². The fraction of sp³-hybridized carbons (Fsp3) is 0.333. The van der Waals surface area contributed by atoms with Crippen LogP contribution in [0.4, 0.5) is 5.69 Å². The third-order valence-corrected chi connectivity index (χ3v) is 6.54. The van der Waals surface area contributed by atoms with Gasteiger partial charge in [-0.2, -0.15) is 11.3 Å². The summed E-state index contributed by atoms with van der Waals surface area (Å²) in [4.78, 5) is 26.3. The number of anilines is 1. The lowest BCUT2D eigenvalue weighted by Crippen LogP contribution is -2.37. The summed E-state index contributed by atoms with van der Waals surface area (Å²) in [6, 6.07) is 18.1. The van der Waals surface area contributed by atoms with Gasteiger partial charge in [-0.3, -0.25) is 4.79 Å². The Balaban J connectivity index is 1.31. The smallest absolute Gasteiger partial charge is 0.347 e. The SMILES string of the molecule is CC(C)(Oc1cccc(NCCC(=O)N(Cc2ccc(-c3ccsc3)cc2)C2CC2)c1)C(=O)O. The van der Waals surface area contributed by atoms with Gasteiger partial charge in [-0.05, 0) is 72.3 Å². The Morgan fingerprint density at radius 1 is 1.12 bits per heavy atom. The van der Waals surface area contributed by atoms with Crippen molar-refractivity contribution in [3.8, 4) is 16.9 Å². The van der Waals surface area contributed by atoms with Crippen molar-refractivity contribution in [1.82, 2.24) is 4.90 Å². The second-order valence-electron chi connectivity index (χ2n) is 9.08. The number of hydrogen-bond acceptors (Lipinski definition) is 5. The van der Waals surface area contributed by atoms with Crippen molar-refractivity contribution in [3.63, 3.8) is 0 Å². The number of ether oxygens (including phenoxy) is 1. The van der Waals surface area contributed by atoms with E-state index in [0.717, 1.165) is 24.1 Å². The average molecular weight is 479 g/mol. The van der Waals surface area contributed by atoms with Crippen molar-refractivity contribution in [2.45, 2.75) is 51.3 Å². The first-order valence-corrected chi connectivity index (χ1v) is 12.4. The quantitative estimate of drug-likeness (QED) is 0.372. The minimum absolute atomic E-state index is 0.135. The molecule has 0 atom stereocenters. The summed E-state index contributed by atoms with van der Waals surface area (Å²) in [6.07, 6.45) is 2.50. The summed E-state index contributed by atoms with van der Waals surface area (Å²) in [7, 11) is 0. The Bertz CT molecular complexity index is 1120. The number of carbonyl (C=O) groups excluding carboxylic acids is 1. The van der Waals surface area contributed by atoms with Crippen LogP contribution in [-0.4, -0.2) is 40.1 Å². The van der Waals surface area contributed by atoms with Crippen LogP contribution in [0.2, 0.25) is 0 Å². The van der Waals surface area contributed by atoms with Crippen molar-refractivity contribution in [1.29, 1.82) is 0 Å². The molecular weight excluding hydrogens is 448 g/mol. The number of rotatable bonds is 11. The van der Waals surface area contributed by atoms with E-state index in [2.05, 4.69) is 46.4 Å². The van der Waals surface area contributed by atoms with E-state index in [4.69, 9.17) is 4.74 Å². The summed E-state index contributed by atoms with van der Waals surface area (Å²) in [5.74, 6) is -0.428. The first-order chi connectivity index (χ1) is 16.3. The molecule has 0 spiro atoms. The maximum absolute atomic E-state index is 13.0. The molecule has 3 aromatic rings. The molecule has 1 aliphatic carbocycles. The molecule has 1 amide bonds. The van der Waals surface area contributed by atoms with E-state index in [-0.39, 0.29) is 5.91 Å². The van der Waals surface area contributed by atoms with E-state index in [1.165, 1.54) is 25.0 Å². The van der Waals surface area contributed by atoms with Gasteiger partial charge in [0.05, 0.1) is 0 Å². The number of aliphatic carboxylic acids is 1. The molecule has 2 aromatic carbocycles. The topological polar surface area (TPSA) is 78.9 Å². The van der Waals surface area contributed by atoms with Crippen LogP contribution in [-0.2, 0) is 16.1 Å². The van der Waals surface area contributed by atoms with Gasteiger partial charge in [0, 0.05) is 37.3 Å². The molecule has 0 aliphatic heterocycles. The Labute approximate surface area is 204 Å². The maximum Gasteiger partial charge on any atom is 0.347 e. The van der Waals surface area contributed by atoms with Crippen molar-refractivity contribution in [2.24, 2.45) is 0 Å². The monoisotopic (exact) mass is 478 g/mol. The van der Waals surface area contributed by atoms with Gasteiger partial charge in [-0.25, -0.2) is 4.79 Å². The third kappa shape index (κ3) is 6.17. The highest BCUT2D eigenvalue weighted by Crippen LogP contribution is 2.30. The molecule has 4 rings (SSSR count). The number of carboxylic acid groups (broad SMARTS) is 1. The predicted octanol–water partition coefficient (Wildman–Crippen LogP) is 5.65. The van der Waals surface area contributed by atoms with Crippen molar-refractivity contribution >= 4 is 28.9 Å². The van der Waals surface area contributed by atoms with E-state index >= 15 is 0 Å². The van der Waals surface area contributed by atoms with Crippen molar-refractivity contribution in [3.05, 3.63) is 70.9 Å². The number of thiophene rings is 1. The molecule has 1 saturated carbocycles. The second kappa shape index (κ2) is 10.3. The van der Waals surface area contributed by atoms with Crippen molar-refractivity contribution < 1.29 is 19.4 Å². The van der Waals surface area contributed by atoms with Crippen LogP contribution >= 0.6 is 11.3 Å². The fourth-order valence-electron chi connectivity index (χ4n) is 3.70. The molecule has 2 N–H and O–H groups in total. The number of carbonyl (C=O) groups is 2. The molecule has 0 saturated heterocycles. The summed E-state index contributed by atoms with van der Waals surface area (Å²) >= 11 is 1.69. The van der Waals surface area contributed by atoms with Gasteiger partial charge in [-0.1, -0.05) is 30.3 Å². The van der Waals surface area contributed by atoms with Gasteiger partial charge in [0.15, 0.2) is 5.60 Å². The van der Waals surface area contributed by atoms with Crippen LogP contribution in [0, 0.1) is 0 Å². The van der Waals surface area contributed by atoms with Gasteiger partial charge < -0.3 is 20.1 Å². The largest absolute Gasteiger partial charge is 0.478 e. The highest BCUT2D eigenvalue weighted by atomic mass is 32.1. The van der Waals surface area contributed by atoms with Crippen LogP contribution in [0.25, 0.3) is 11.1 Å². The minimum Gasteiger partial charge on any atom is -0.478 e. The molecule has 178 valence electrons. The van der Waals surface area contributed by atoms with Crippen LogP contribution in [0.1, 0.15) is 38.7 Å². The van der Waals surface area contributed by atoms with Gasteiger partial charge in [0.1, 0.15) is 5.75 Å². The molecule has 1 aliphatic rings. The lowest BCUT2D eigenvalue weighted by molar-refractivity contribution is -0.152. The number of nitrogens with zero attached hydrogens (tertiary/aromatic N) is 1. The molecule has 1 aromatic heterocycles. The number of hydrogen-bond donors (Lipinski definition) is 2. The number of benzene rings is 2. The average Bonchev–Trinajstić information content (AvgIpc) is 3.50. The van der Waals surface area contributed by atoms with Gasteiger partial charge in [-0.15, -0.1) is 0 Å². The minimum atomic E-state index is -1.32. The number of carboxylic acids is 1. The Morgan fingerprint density at radius 2 is 1.88 bits per heavy atom. The van der Waals surface area contributed by atoms with Gasteiger partial charge in [0.25, 0.3) is 0 Å². The molecule has 0 unspecified atom stereocenters. The zero-order valence-corrected chi connectivity index (χ0v) is 20.3. The normalized spacial score (nSPS) is 13.4. The van der Waals surface area contributed by atoms with Gasteiger partial charge >= 0.3 is 5.97 Å². The van der Waals surface area contributed by atoms with Gasteiger partial charge in [0.2, 0.25) is 5.91 Å². The summed E-state index contributed by atoms with van der Waals surface area (Å²) in [5.41, 5.74) is 3.02. The Morgan fingerprint density at radius 3 is 2.53 bits per heavy atom. The number of nitrogens with one attached hydrogen (secondary N) is 1. The predicted molar refractivity (Wildman–Crippen MR) is 135 cm³/mol. The molecule has 6 nitrogen and oxygen atoms in total. The lowest BCUT2D eigenvalue weighted by Gasteiger charge is -2.23. The third-order valence-electron chi connectivity index (χ3n) is 5.86. The summed E-state index contributed by atoms with van der Waals surface area (Å²) in [6.45, 7) is 4.14. The first-order valence-electron chi connectivity index (χ1n) is 11.5. The van der Waals surface area contributed by atoms with Crippen molar-refractivity contribution in [2.75, 3.05) is 11.9 Å². The summed E-state index contributed by atoms with van der Waals surface area (Å²) in [5, 5.41) is 16.7. The highest BCUT2D eigenvalue weighted by molar-refractivity contribution is 7.08. The van der Waals surface area contributed by atoms with E-state index in [0.29, 0.717) is 31.3 Å². The van der Waals surface area contributed by atoms with Crippen LogP contribution in [0.15, 0.2) is 65.4 Å². The number of amides is 1. The molecule has 1 fully saturated rings. The first kappa shape index (κ1) is 23.8. The molecular formula is C27H30N2O4S. The zero-order chi connectivity index (χ0) is 24.1. The van der Waals surface area contributed by atoms with E-state index in [1.54, 1.807) is 29.5 Å². The standard InChI is InChI=1S/C27H30N2O4S/c1-27(2,26(31)32)33-24-5-3-4-22(16-24)28-14-12-25(30)29(23-10-11-23)17-19-6-8-20(9-7-19)21-13-15-34-18-21/h3-9,13,15-16,18,23,28H,10-12,14,17H2,1-2H3,(H,31,32).